The van der Waals surface area contributed by atoms with Gasteiger partial charge >= 0.3 is 0 Å². The molecule has 2 N–H and O–H groups in total. The summed E-state index contributed by atoms with van der Waals surface area (Å²) in [6.07, 6.45) is 0.672. The van der Waals surface area contributed by atoms with E-state index >= 15 is 0 Å². The van der Waals surface area contributed by atoms with E-state index in [1.165, 1.54) is 0 Å². The van der Waals surface area contributed by atoms with Crippen LogP contribution in [-0.2, 0) is 10.0 Å². The first-order chi connectivity index (χ1) is 6.05. The maximum Gasteiger partial charge on any atom is 0.211 e. The summed E-state index contributed by atoms with van der Waals surface area (Å²) >= 11 is 0. The van der Waals surface area contributed by atoms with E-state index in [1.807, 2.05) is 13.8 Å². The van der Waals surface area contributed by atoms with Crippen LogP contribution in [0.15, 0.2) is 0 Å². The lowest BCUT2D eigenvalue weighted by atomic mass is 9.96. The van der Waals surface area contributed by atoms with Crippen LogP contribution in [0.5, 0.6) is 0 Å². The highest BCUT2D eigenvalue weighted by atomic mass is 32.2. The molecule has 0 saturated carbocycles. The third-order valence-corrected chi connectivity index (χ3v) is 4.04. The van der Waals surface area contributed by atoms with Crippen molar-refractivity contribution >= 4 is 10.0 Å². The minimum Gasteiger partial charge on any atom is -0.316 e. The molecule has 0 aromatic heterocycles. The summed E-state index contributed by atoms with van der Waals surface area (Å²) in [7, 11) is -3.03. The van der Waals surface area contributed by atoms with E-state index < -0.39 is 10.0 Å². The Morgan fingerprint density at radius 3 is 2.54 bits per heavy atom. The summed E-state index contributed by atoms with van der Waals surface area (Å²) in [5, 5.41) is 3.13. The molecule has 1 unspecified atom stereocenters. The molecule has 0 amide bonds. The molecule has 1 atom stereocenters. The molecule has 1 aliphatic rings. The van der Waals surface area contributed by atoms with Gasteiger partial charge in [0.2, 0.25) is 10.0 Å². The molecule has 0 aromatic carbocycles. The Bertz CT molecular complexity index is 247. The second-order valence-electron chi connectivity index (χ2n) is 3.64. The van der Waals surface area contributed by atoms with Gasteiger partial charge in [-0.2, -0.15) is 0 Å². The van der Waals surface area contributed by atoms with Gasteiger partial charge in [0, 0.05) is 19.1 Å². The van der Waals surface area contributed by atoms with Gasteiger partial charge in [-0.15, -0.1) is 0 Å². The molecule has 1 heterocycles. The highest BCUT2D eigenvalue weighted by Crippen LogP contribution is 2.09. The average molecular weight is 206 g/mol. The van der Waals surface area contributed by atoms with Crippen LogP contribution in [0.3, 0.4) is 0 Å². The molecule has 5 heteroatoms. The fourth-order valence-electron chi connectivity index (χ4n) is 1.37. The van der Waals surface area contributed by atoms with Gasteiger partial charge in [0.1, 0.15) is 0 Å². The molecule has 4 nitrogen and oxygen atoms in total. The third kappa shape index (κ3) is 3.25. The van der Waals surface area contributed by atoms with Gasteiger partial charge in [-0.1, -0.05) is 6.92 Å². The van der Waals surface area contributed by atoms with Gasteiger partial charge < -0.3 is 5.32 Å². The van der Waals surface area contributed by atoms with Crippen molar-refractivity contribution in [1.82, 2.24) is 10.0 Å². The van der Waals surface area contributed by atoms with Crippen LogP contribution in [-0.4, -0.2) is 33.3 Å². The maximum absolute atomic E-state index is 11.4. The monoisotopic (exact) mass is 206 g/mol. The van der Waals surface area contributed by atoms with E-state index in [0.29, 0.717) is 12.3 Å². The number of sulfonamides is 1. The van der Waals surface area contributed by atoms with Crippen molar-refractivity contribution in [3.05, 3.63) is 0 Å². The Kier molecular flexibility index (Phi) is 3.70. The van der Waals surface area contributed by atoms with Gasteiger partial charge in [-0.3, -0.25) is 0 Å². The largest absolute Gasteiger partial charge is 0.316 e. The molecular formula is C8H18N2O2S. The number of hydrogen-bond acceptors (Lipinski definition) is 3. The van der Waals surface area contributed by atoms with Crippen LogP contribution in [0, 0.1) is 5.92 Å². The Morgan fingerprint density at radius 2 is 2.15 bits per heavy atom. The van der Waals surface area contributed by atoms with E-state index in [9.17, 15) is 8.42 Å². The highest BCUT2D eigenvalue weighted by molar-refractivity contribution is 7.89. The van der Waals surface area contributed by atoms with Gasteiger partial charge in [0.25, 0.3) is 0 Å². The predicted molar refractivity (Wildman–Crippen MR) is 53.0 cm³/mol. The lowest BCUT2D eigenvalue weighted by Gasteiger charge is -2.32. The first kappa shape index (κ1) is 10.9. The minimum atomic E-state index is -3.03. The third-order valence-electron chi connectivity index (χ3n) is 2.36. The number of nitrogens with one attached hydrogen (secondary N) is 2. The molecule has 0 aromatic rings. The SMILES string of the molecule is CCCS(=O)(=O)NC(C)C1CNC1. The van der Waals surface area contributed by atoms with Gasteiger partial charge in [0.15, 0.2) is 0 Å². The van der Waals surface area contributed by atoms with Crippen molar-refractivity contribution in [2.24, 2.45) is 5.92 Å². The summed E-state index contributed by atoms with van der Waals surface area (Å²) < 4.78 is 25.4. The molecule has 1 fully saturated rings. The van der Waals surface area contributed by atoms with Crippen LogP contribution >= 0.6 is 0 Å². The maximum atomic E-state index is 11.4. The summed E-state index contributed by atoms with van der Waals surface area (Å²) in [6.45, 7) is 5.65. The van der Waals surface area contributed by atoms with Crippen molar-refractivity contribution < 1.29 is 8.42 Å². The first-order valence-electron chi connectivity index (χ1n) is 4.76. The minimum absolute atomic E-state index is 0.0674. The lowest BCUT2D eigenvalue weighted by molar-refractivity contribution is 0.290. The molecule has 1 saturated heterocycles. The average Bonchev–Trinajstić information content (AvgIpc) is 1.79. The normalized spacial score (nSPS) is 21.1. The van der Waals surface area contributed by atoms with Gasteiger partial charge in [-0.25, -0.2) is 13.1 Å². The van der Waals surface area contributed by atoms with E-state index in [1.54, 1.807) is 0 Å². The molecule has 13 heavy (non-hydrogen) atoms. The predicted octanol–water partition coefficient (Wildman–Crippen LogP) is -0.0763. The van der Waals surface area contributed by atoms with Crippen molar-refractivity contribution in [2.75, 3.05) is 18.8 Å². The van der Waals surface area contributed by atoms with Crippen molar-refractivity contribution in [3.63, 3.8) is 0 Å². The van der Waals surface area contributed by atoms with Crippen molar-refractivity contribution in [2.45, 2.75) is 26.3 Å². The zero-order valence-electron chi connectivity index (χ0n) is 8.21. The van der Waals surface area contributed by atoms with Crippen LogP contribution in [0.1, 0.15) is 20.3 Å². The van der Waals surface area contributed by atoms with Crippen LogP contribution in [0.25, 0.3) is 0 Å². The van der Waals surface area contributed by atoms with E-state index in [2.05, 4.69) is 10.0 Å². The smallest absolute Gasteiger partial charge is 0.211 e. The van der Waals surface area contributed by atoms with Gasteiger partial charge in [-0.05, 0) is 19.3 Å². The summed E-state index contributed by atoms with van der Waals surface area (Å²) in [4.78, 5) is 0. The molecular weight excluding hydrogens is 188 g/mol. The molecule has 1 rings (SSSR count). The molecule has 0 bridgehead atoms. The summed E-state index contributed by atoms with van der Waals surface area (Å²) in [5.74, 6) is 0.698. The second kappa shape index (κ2) is 4.39. The fraction of sp³-hybridized carbons (Fsp3) is 1.00. The fourth-order valence-corrected chi connectivity index (χ4v) is 2.79. The van der Waals surface area contributed by atoms with E-state index in [-0.39, 0.29) is 11.8 Å². The zero-order chi connectivity index (χ0) is 9.90. The summed E-state index contributed by atoms with van der Waals surface area (Å²) in [6, 6.07) is 0.0674. The Hall–Kier alpha value is -0.130. The molecule has 0 spiro atoms. The highest BCUT2D eigenvalue weighted by Gasteiger charge is 2.26. The molecule has 1 aliphatic heterocycles. The Morgan fingerprint density at radius 1 is 1.54 bits per heavy atom. The Balaban J connectivity index is 2.37. The van der Waals surface area contributed by atoms with E-state index in [4.69, 9.17) is 0 Å². The van der Waals surface area contributed by atoms with Crippen LogP contribution in [0.4, 0.5) is 0 Å². The van der Waals surface area contributed by atoms with Crippen LogP contribution in [0.2, 0.25) is 0 Å². The standard InChI is InChI=1S/C8H18N2O2S/c1-3-4-13(11,12)10-7(2)8-5-9-6-8/h7-10H,3-6H2,1-2H3. The quantitative estimate of drug-likeness (QED) is 0.661. The van der Waals surface area contributed by atoms with Crippen molar-refractivity contribution in [1.29, 1.82) is 0 Å². The summed E-state index contributed by atoms with van der Waals surface area (Å²) in [5.41, 5.74) is 0. The van der Waals surface area contributed by atoms with Crippen LogP contribution < -0.4 is 10.0 Å². The number of hydrogen-bond donors (Lipinski definition) is 2. The topological polar surface area (TPSA) is 58.2 Å². The molecule has 0 aliphatic carbocycles. The molecule has 78 valence electrons. The Labute approximate surface area is 80.1 Å². The van der Waals surface area contributed by atoms with Crippen molar-refractivity contribution in [3.8, 4) is 0 Å². The first-order valence-corrected chi connectivity index (χ1v) is 6.41. The van der Waals surface area contributed by atoms with Gasteiger partial charge in [0.05, 0.1) is 5.75 Å². The zero-order valence-corrected chi connectivity index (χ0v) is 9.02. The van der Waals surface area contributed by atoms with E-state index in [0.717, 1.165) is 13.1 Å². The lowest BCUT2D eigenvalue weighted by Crippen LogP contribution is -2.53. The molecule has 0 radical (unpaired) electrons. The second-order valence-corrected chi connectivity index (χ2v) is 5.52. The number of rotatable bonds is 5.